The average molecular weight is 351 g/mol. The number of carbonyl (C=O) groups is 1. The van der Waals surface area contributed by atoms with Gasteiger partial charge in [0.15, 0.2) is 5.69 Å². The molecule has 1 aliphatic carbocycles. The fourth-order valence-corrected chi connectivity index (χ4v) is 2.81. The van der Waals surface area contributed by atoms with Crippen LogP contribution in [0, 0.1) is 13.8 Å². The van der Waals surface area contributed by atoms with Crippen molar-refractivity contribution >= 4 is 5.91 Å². The Morgan fingerprint density at radius 3 is 2.64 bits per heavy atom. The molecule has 1 heterocycles. The van der Waals surface area contributed by atoms with Gasteiger partial charge in [-0.25, -0.2) is 0 Å². The molecule has 1 amide bonds. The van der Waals surface area contributed by atoms with Crippen LogP contribution in [0.3, 0.4) is 0 Å². The zero-order valence-corrected chi connectivity index (χ0v) is 14.2. The zero-order valence-electron chi connectivity index (χ0n) is 14.2. The summed E-state index contributed by atoms with van der Waals surface area (Å²) in [7, 11) is 0. The molecule has 3 rings (SSSR count). The van der Waals surface area contributed by atoms with Crippen molar-refractivity contribution < 1.29 is 18.0 Å². The van der Waals surface area contributed by atoms with Gasteiger partial charge in [-0.3, -0.25) is 9.48 Å². The van der Waals surface area contributed by atoms with E-state index < -0.39 is 11.9 Å². The third-order valence-corrected chi connectivity index (χ3v) is 4.34. The molecule has 25 heavy (non-hydrogen) atoms. The molecule has 7 heteroatoms. The summed E-state index contributed by atoms with van der Waals surface area (Å²) in [4.78, 5) is 12.3. The van der Waals surface area contributed by atoms with E-state index in [1.165, 1.54) is 4.68 Å². The summed E-state index contributed by atoms with van der Waals surface area (Å²) < 4.78 is 40.0. The number of nitrogens with one attached hydrogen (secondary N) is 1. The first kappa shape index (κ1) is 17.5. The molecule has 1 saturated carbocycles. The Bertz CT molecular complexity index is 791. The summed E-state index contributed by atoms with van der Waals surface area (Å²) >= 11 is 0. The van der Waals surface area contributed by atoms with E-state index in [4.69, 9.17) is 0 Å². The van der Waals surface area contributed by atoms with E-state index in [1.54, 1.807) is 6.07 Å². The Labute approximate surface area is 144 Å². The van der Waals surface area contributed by atoms with Gasteiger partial charge in [0.1, 0.15) is 0 Å². The van der Waals surface area contributed by atoms with Crippen molar-refractivity contribution in [3.63, 3.8) is 0 Å². The van der Waals surface area contributed by atoms with Crippen LogP contribution in [0.2, 0.25) is 0 Å². The lowest BCUT2D eigenvalue weighted by Gasteiger charge is -2.10. The molecule has 134 valence electrons. The van der Waals surface area contributed by atoms with Crippen LogP contribution in [-0.4, -0.2) is 22.2 Å². The highest BCUT2D eigenvalue weighted by Crippen LogP contribution is 2.42. The quantitative estimate of drug-likeness (QED) is 0.890. The van der Waals surface area contributed by atoms with Crippen molar-refractivity contribution in [2.24, 2.45) is 0 Å². The molecule has 0 saturated heterocycles. The number of amides is 1. The minimum atomic E-state index is -4.45. The third kappa shape index (κ3) is 4.03. The van der Waals surface area contributed by atoms with Gasteiger partial charge in [-0.1, -0.05) is 17.7 Å². The van der Waals surface area contributed by atoms with E-state index >= 15 is 0 Å². The lowest BCUT2D eigenvalue weighted by atomic mass is 10.1. The molecule has 4 nitrogen and oxygen atoms in total. The Hall–Kier alpha value is -2.31. The molecule has 1 aromatic carbocycles. The van der Waals surface area contributed by atoms with E-state index in [9.17, 15) is 18.0 Å². The van der Waals surface area contributed by atoms with Gasteiger partial charge in [-0.15, -0.1) is 0 Å². The molecular formula is C18H20F3N3O. The molecule has 0 atom stereocenters. The van der Waals surface area contributed by atoms with Gasteiger partial charge in [0.25, 0.3) is 5.91 Å². The van der Waals surface area contributed by atoms with E-state index in [-0.39, 0.29) is 24.9 Å². The van der Waals surface area contributed by atoms with Crippen LogP contribution >= 0.6 is 0 Å². The van der Waals surface area contributed by atoms with Crippen molar-refractivity contribution in [2.45, 2.75) is 45.3 Å². The van der Waals surface area contributed by atoms with Crippen LogP contribution in [0.4, 0.5) is 13.2 Å². The van der Waals surface area contributed by atoms with E-state index in [1.807, 2.05) is 26.0 Å². The summed E-state index contributed by atoms with van der Waals surface area (Å²) in [6.45, 7) is 4.20. The Morgan fingerprint density at radius 1 is 1.28 bits per heavy atom. The maximum absolute atomic E-state index is 12.9. The van der Waals surface area contributed by atoms with Gasteiger partial charge in [-0.2, -0.15) is 18.3 Å². The molecule has 0 unspecified atom stereocenters. The highest BCUT2D eigenvalue weighted by molar-refractivity contribution is 5.95. The number of benzene rings is 1. The maximum Gasteiger partial charge on any atom is 0.435 e. The smallest absolute Gasteiger partial charge is 0.350 e. The number of aromatic nitrogens is 2. The van der Waals surface area contributed by atoms with Gasteiger partial charge in [-0.05, 0) is 44.4 Å². The summed E-state index contributed by atoms with van der Waals surface area (Å²) in [5.41, 5.74) is 2.16. The second-order valence-corrected chi connectivity index (χ2v) is 6.52. The first-order valence-electron chi connectivity index (χ1n) is 8.26. The second kappa shape index (κ2) is 6.54. The zero-order chi connectivity index (χ0) is 18.2. The van der Waals surface area contributed by atoms with Crippen molar-refractivity contribution in [1.29, 1.82) is 0 Å². The molecular weight excluding hydrogens is 331 g/mol. The lowest BCUT2D eigenvalue weighted by molar-refractivity contribution is -0.141. The second-order valence-electron chi connectivity index (χ2n) is 6.52. The third-order valence-electron chi connectivity index (χ3n) is 4.34. The molecule has 1 N–H and O–H groups in total. The summed E-state index contributed by atoms with van der Waals surface area (Å²) in [6, 6.07) is 6.73. The number of rotatable bonds is 5. The van der Waals surface area contributed by atoms with Crippen LogP contribution in [-0.2, 0) is 12.7 Å². The number of hydrogen-bond donors (Lipinski definition) is 1. The summed E-state index contributed by atoms with van der Waals surface area (Å²) in [5, 5.41) is 6.45. The Balaban J connectivity index is 1.66. The van der Waals surface area contributed by atoms with Crippen LogP contribution in [0.15, 0.2) is 24.3 Å². The number of carbonyl (C=O) groups excluding carboxylic acids is 1. The SMILES string of the molecule is Cc1ccc(C)c(C(=O)NCCn2nc(C(F)(F)F)cc2C2CC2)c1. The molecule has 1 fully saturated rings. The number of aryl methyl sites for hydroxylation is 2. The number of alkyl halides is 3. The van der Waals surface area contributed by atoms with E-state index in [0.717, 1.165) is 30.0 Å². The number of nitrogens with zero attached hydrogens (tertiary/aromatic N) is 2. The molecule has 2 aromatic rings. The van der Waals surface area contributed by atoms with Crippen molar-refractivity contribution in [3.05, 3.63) is 52.3 Å². The Kier molecular flexibility index (Phi) is 4.58. The highest BCUT2D eigenvalue weighted by Gasteiger charge is 2.37. The van der Waals surface area contributed by atoms with Crippen LogP contribution in [0.5, 0.6) is 0 Å². The number of hydrogen-bond acceptors (Lipinski definition) is 2. The van der Waals surface area contributed by atoms with E-state index in [2.05, 4.69) is 10.4 Å². The fraction of sp³-hybridized carbons (Fsp3) is 0.444. The van der Waals surface area contributed by atoms with Gasteiger partial charge in [0.2, 0.25) is 0 Å². The summed E-state index contributed by atoms with van der Waals surface area (Å²) in [6.07, 6.45) is -2.67. The normalized spacial score (nSPS) is 14.6. The van der Waals surface area contributed by atoms with Crippen LogP contribution < -0.4 is 5.32 Å². The predicted octanol–water partition coefficient (Wildman–Crippen LogP) is 3.83. The van der Waals surface area contributed by atoms with Gasteiger partial charge in [0.05, 0.1) is 6.54 Å². The fourth-order valence-electron chi connectivity index (χ4n) is 2.81. The maximum atomic E-state index is 12.9. The predicted molar refractivity (Wildman–Crippen MR) is 87.5 cm³/mol. The first-order chi connectivity index (χ1) is 11.8. The molecule has 0 spiro atoms. The van der Waals surface area contributed by atoms with Crippen LogP contribution in [0.25, 0.3) is 0 Å². The lowest BCUT2D eigenvalue weighted by Crippen LogP contribution is -2.28. The molecule has 1 aromatic heterocycles. The van der Waals surface area contributed by atoms with Crippen molar-refractivity contribution in [2.75, 3.05) is 6.54 Å². The van der Waals surface area contributed by atoms with Gasteiger partial charge < -0.3 is 5.32 Å². The standard InChI is InChI=1S/C18H20F3N3O/c1-11-3-4-12(2)14(9-11)17(25)22-7-8-24-15(13-5-6-13)10-16(23-24)18(19,20)21/h3-4,9-10,13H,5-8H2,1-2H3,(H,22,25). The largest absolute Gasteiger partial charge is 0.435 e. The molecule has 1 aliphatic rings. The van der Waals surface area contributed by atoms with Gasteiger partial charge in [0, 0.05) is 23.7 Å². The molecule has 0 radical (unpaired) electrons. The van der Waals surface area contributed by atoms with E-state index in [0.29, 0.717) is 11.3 Å². The first-order valence-corrected chi connectivity index (χ1v) is 8.26. The molecule has 0 bridgehead atoms. The highest BCUT2D eigenvalue weighted by atomic mass is 19.4. The molecule has 0 aliphatic heterocycles. The van der Waals surface area contributed by atoms with Crippen LogP contribution in [0.1, 0.15) is 51.6 Å². The number of halogens is 3. The topological polar surface area (TPSA) is 46.9 Å². The van der Waals surface area contributed by atoms with Crippen molar-refractivity contribution in [3.8, 4) is 0 Å². The van der Waals surface area contributed by atoms with Gasteiger partial charge >= 0.3 is 6.18 Å². The Morgan fingerprint density at radius 2 is 2.00 bits per heavy atom. The van der Waals surface area contributed by atoms with Crippen molar-refractivity contribution in [1.82, 2.24) is 15.1 Å². The minimum absolute atomic E-state index is 0.151. The minimum Gasteiger partial charge on any atom is -0.350 e. The monoisotopic (exact) mass is 351 g/mol. The average Bonchev–Trinajstić information content (AvgIpc) is 3.28. The summed E-state index contributed by atoms with van der Waals surface area (Å²) in [5.74, 6) is -0.0734.